The first-order valence-corrected chi connectivity index (χ1v) is 8.58. The number of aliphatic carboxylic acids is 1. The van der Waals surface area contributed by atoms with Crippen LogP contribution < -0.4 is 9.47 Å². The highest BCUT2D eigenvalue weighted by Gasteiger charge is 2.36. The Kier molecular flexibility index (Phi) is 5.50. The molecule has 1 aliphatic rings. The molecule has 154 valence electrons. The molecular formula is C20H16N2O8. The quantitative estimate of drug-likeness (QED) is 0.330. The summed E-state index contributed by atoms with van der Waals surface area (Å²) in [5, 5.41) is 20.7. The summed E-state index contributed by atoms with van der Waals surface area (Å²) < 4.78 is 10.3. The third-order valence-corrected chi connectivity index (χ3v) is 4.49. The van der Waals surface area contributed by atoms with Gasteiger partial charge in [0.05, 0.1) is 30.8 Å². The van der Waals surface area contributed by atoms with Crippen LogP contribution in [0.15, 0.2) is 36.4 Å². The van der Waals surface area contributed by atoms with Crippen LogP contribution in [0.2, 0.25) is 0 Å². The Morgan fingerprint density at radius 3 is 2.27 bits per heavy atom. The fourth-order valence-corrected chi connectivity index (χ4v) is 3.13. The smallest absolute Gasteiger partial charge is 0.323 e. The van der Waals surface area contributed by atoms with Crippen LogP contribution in [0.4, 0.5) is 5.69 Å². The van der Waals surface area contributed by atoms with E-state index in [1.165, 1.54) is 38.5 Å². The Bertz CT molecular complexity index is 1110. The number of rotatable bonds is 6. The fourth-order valence-electron chi connectivity index (χ4n) is 3.13. The van der Waals surface area contributed by atoms with Gasteiger partial charge >= 0.3 is 5.97 Å². The molecule has 3 rings (SSSR count). The van der Waals surface area contributed by atoms with Gasteiger partial charge in [-0.1, -0.05) is 18.2 Å². The summed E-state index contributed by atoms with van der Waals surface area (Å²) in [6, 6.07) is 8.63. The molecule has 2 aromatic carbocycles. The number of hydrogen-bond donors (Lipinski definition) is 1. The van der Waals surface area contributed by atoms with Crippen molar-refractivity contribution in [2.45, 2.75) is 0 Å². The number of nitro groups is 1. The predicted molar refractivity (Wildman–Crippen MR) is 104 cm³/mol. The third-order valence-electron chi connectivity index (χ3n) is 4.49. The molecule has 0 bridgehead atoms. The van der Waals surface area contributed by atoms with Crippen molar-refractivity contribution in [1.29, 1.82) is 0 Å². The van der Waals surface area contributed by atoms with E-state index in [9.17, 15) is 24.5 Å². The topological polar surface area (TPSA) is 136 Å². The van der Waals surface area contributed by atoms with E-state index < -0.39 is 29.3 Å². The van der Waals surface area contributed by atoms with E-state index in [1.54, 1.807) is 12.1 Å². The molecular weight excluding hydrogens is 396 g/mol. The summed E-state index contributed by atoms with van der Waals surface area (Å²) >= 11 is 0. The van der Waals surface area contributed by atoms with Gasteiger partial charge in [0.15, 0.2) is 11.5 Å². The van der Waals surface area contributed by atoms with Crippen molar-refractivity contribution < 1.29 is 33.9 Å². The lowest BCUT2D eigenvalue weighted by atomic mass is 9.91. The van der Waals surface area contributed by atoms with Gasteiger partial charge in [-0.15, -0.1) is 0 Å². The van der Waals surface area contributed by atoms with Gasteiger partial charge in [-0.25, -0.2) is 0 Å². The number of benzene rings is 2. The first-order valence-electron chi connectivity index (χ1n) is 8.58. The molecule has 2 amide bonds. The normalized spacial score (nSPS) is 14.5. The lowest BCUT2D eigenvalue weighted by Crippen LogP contribution is -2.44. The van der Waals surface area contributed by atoms with Crippen LogP contribution in [-0.4, -0.2) is 53.5 Å². The second-order valence-electron chi connectivity index (χ2n) is 6.22. The van der Waals surface area contributed by atoms with Crippen LogP contribution >= 0.6 is 0 Å². The number of nitro benzene ring substituents is 1. The molecule has 0 radical (unpaired) electrons. The number of carbonyl (C=O) groups is 3. The van der Waals surface area contributed by atoms with Gasteiger partial charge in [-0.05, 0) is 23.8 Å². The second kappa shape index (κ2) is 8.03. The maximum atomic E-state index is 12.9. The van der Waals surface area contributed by atoms with Crippen molar-refractivity contribution in [2.75, 3.05) is 20.8 Å². The number of methoxy groups -OCH3 is 2. The summed E-state index contributed by atoms with van der Waals surface area (Å²) in [4.78, 5) is 48.2. The summed E-state index contributed by atoms with van der Waals surface area (Å²) in [6.07, 6.45) is 1.24. The van der Waals surface area contributed by atoms with E-state index in [1.807, 2.05) is 0 Å². The average Bonchev–Trinajstić information content (AvgIpc) is 2.73. The van der Waals surface area contributed by atoms with Gasteiger partial charge in [0.25, 0.3) is 17.5 Å². The zero-order valence-electron chi connectivity index (χ0n) is 15.9. The van der Waals surface area contributed by atoms with E-state index in [0.29, 0.717) is 4.90 Å². The highest BCUT2D eigenvalue weighted by Crippen LogP contribution is 2.38. The van der Waals surface area contributed by atoms with Crippen LogP contribution in [0.1, 0.15) is 21.5 Å². The molecule has 0 spiro atoms. The molecule has 10 heteroatoms. The van der Waals surface area contributed by atoms with E-state index in [2.05, 4.69) is 0 Å². The molecule has 1 heterocycles. The van der Waals surface area contributed by atoms with Crippen molar-refractivity contribution in [1.82, 2.24) is 4.90 Å². The number of nitrogens with zero attached hydrogens (tertiary/aromatic N) is 2. The molecule has 1 aliphatic heterocycles. The minimum absolute atomic E-state index is 0.0282. The fraction of sp³-hybridized carbons (Fsp3) is 0.150. The Morgan fingerprint density at radius 1 is 1.10 bits per heavy atom. The van der Waals surface area contributed by atoms with Crippen LogP contribution in [-0.2, 0) is 9.59 Å². The standard InChI is InChI=1S/C20H16N2O8/c1-29-16-8-11(15(22(27)28)9-17(16)30-2)7-14-12-5-3-4-6-13(12)19(25)21(20(14)26)10-18(23)24/h3-9H,10H2,1-2H3,(H,23,24)/b14-7-. The van der Waals surface area contributed by atoms with Crippen molar-refractivity contribution in [3.63, 3.8) is 0 Å². The monoisotopic (exact) mass is 412 g/mol. The minimum atomic E-state index is -1.37. The first-order chi connectivity index (χ1) is 14.3. The Balaban J connectivity index is 2.26. The van der Waals surface area contributed by atoms with Gasteiger partial charge in [0, 0.05) is 11.1 Å². The van der Waals surface area contributed by atoms with Gasteiger partial charge in [0.1, 0.15) is 6.54 Å². The maximum Gasteiger partial charge on any atom is 0.323 e. The minimum Gasteiger partial charge on any atom is -0.493 e. The number of amides is 2. The average molecular weight is 412 g/mol. The zero-order valence-corrected chi connectivity index (χ0v) is 15.9. The molecule has 10 nitrogen and oxygen atoms in total. The van der Waals surface area contributed by atoms with Crippen molar-refractivity contribution in [3.05, 3.63) is 63.2 Å². The van der Waals surface area contributed by atoms with Crippen molar-refractivity contribution in [2.24, 2.45) is 0 Å². The predicted octanol–water partition coefficient (Wildman–Crippen LogP) is 2.22. The zero-order chi connectivity index (χ0) is 22.0. The number of imide groups is 1. The number of carboxylic acid groups (broad SMARTS) is 1. The summed E-state index contributed by atoms with van der Waals surface area (Å²) in [5.74, 6) is -2.66. The molecule has 30 heavy (non-hydrogen) atoms. The number of fused-ring (bicyclic) bond motifs is 1. The van der Waals surface area contributed by atoms with Crippen LogP contribution in [0.3, 0.4) is 0 Å². The number of ether oxygens (including phenoxy) is 2. The maximum absolute atomic E-state index is 12.9. The highest BCUT2D eigenvalue weighted by atomic mass is 16.6. The number of hydrogen-bond acceptors (Lipinski definition) is 7. The van der Waals surface area contributed by atoms with Crippen molar-refractivity contribution >= 4 is 35.1 Å². The first kappa shape index (κ1) is 20.5. The summed E-state index contributed by atoms with van der Waals surface area (Å²) in [6.45, 7) is -0.836. The molecule has 0 saturated heterocycles. The second-order valence-corrected chi connectivity index (χ2v) is 6.22. The van der Waals surface area contributed by atoms with Crippen molar-refractivity contribution in [3.8, 4) is 11.5 Å². The molecule has 1 N–H and O–H groups in total. The van der Waals surface area contributed by atoms with E-state index >= 15 is 0 Å². The van der Waals surface area contributed by atoms with Gasteiger partial charge < -0.3 is 14.6 Å². The molecule has 0 aromatic heterocycles. The van der Waals surface area contributed by atoms with Crippen LogP contribution in [0.25, 0.3) is 11.6 Å². The lowest BCUT2D eigenvalue weighted by Gasteiger charge is -2.27. The van der Waals surface area contributed by atoms with Gasteiger partial charge in [0.2, 0.25) is 0 Å². The number of carbonyl (C=O) groups excluding carboxylic acids is 2. The summed E-state index contributed by atoms with van der Waals surface area (Å²) in [7, 11) is 2.69. The number of carboxylic acids is 1. The lowest BCUT2D eigenvalue weighted by molar-refractivity contribution is -0.385. The highest BCUT2D eigenvalue weighted by molar-refractivity contribution is 6.34. The summed E-state index contributed by atoms with van der Waals surface area (Å²) in [5.41, 5.74) is -0.0136. The Hall–Kier alpha value is -4.21. The van der Waals surface area contributed by atoms with E-state index in [-0.39, 0.29) is 39.4 Å². The van der Waals surface area contributed by atoms with Gasteiger partial charge in [-0.2, -0.15) is 0 Å². The van der Waals surface area contributed by atoms with E-state index in [4.69, 9.17) is 14.6 Å². The molecule has 0 atom stereocenters. The molecule has 0 fully saturated rings. The van der Waals surface area contributed by atoms with Gasteiger partial charge in [-0.3, -0.25) is 29.4 Å². The molecule has 0 unspecified atom stereocenters. The third kappa shape index (κ3) is 3.58. The molecule has 0 aliphatic carbocycles. The largest absolute Gasteiger partial charge is 0.493 e. The molecule has 2 aromatic rings. The molecule has 0 saturated carbocycles. The van der Waals surface area contributed by atoms with Crippen LogP contribution in [0.5, 0.6) is 11.5 Å². The Labute approximate surface area is 170 Å². The van der Waals surface area contributed by atoms with E-state index in [0.717, 1.165) is 6.07 Å². The van der Waals surface area contributed by atoms with Crippen LogP contribution in [0, 0.1) is 10.1 Å². The SMILES string of the molecule is COc1cc(/C=C2\C(=O)N(CC(=O)O)C(=O)c3ccccc32)c([N+](=O)[O-])cc1OC. The Morgan fingerprint density at radius 2 is 1.70 bits per heavy atom.